The molecule has 5 nitrogen and oxygen atoms in total. The fourth-order valence-corrected chi connectivity index (χ4v) is 5.39. The van der Waals surface area contributed by atoms with Crippen LogP contribution in [-0.4, -0.2) is 64.6 Å². The lowest BCUT2D eigenvalue weighted by molar-refractivity contribution is -0.236. The monoisotopic (exact) mass is 500 g/mol. The molecule has 2 fully saturated rings. The second-order valence-electron chi connectivity index (χ2n) is 9.08. The van der Waals surface area contributed by atoms with Crippen LogP contribution in [-0.2, 0) is 14.6 Å². The molecule has 2 aliphatic rings. The molecule has 0 N–H and O–H groups in total. The van der Waals surface area contributed by atoms with Crippen LogP contribution < -0.4 is 4.90 Å². The van der Waals surface area contributed by atoms with E-state index in [-0.39, 0.29) is 35.7 Å². The molecule has 2 heterocycles. The molecule has 10 heteroatoms. The van der Waals surface area contributed by atoms with Crippen LogP contribution in [0.25, 0.3) is 0 Å². The topological polar surface area (TPSA) is 49.9 Å². The third kappa shape index (κ3) is 5.90. The largest absolute Gasteiger partial charge is 0.414 e. The number of hydrogen-bond donors (Lipinski definition) is 0. The van der Waals surface area contributed by atoms with Crippen molar-refractivity contribution < 1.29 is 30.7 Å². The van der Waals surface area contributed by atoms with Gasteiger partial charge in [0, 0.05) is 38.1 Å². The van der Waals surface area contributed by atoms with E-state index in [4.69, 9.17) is 4.74 Å². The van der Waals surface area contributed by atoms with Crippen LogP contribution >= 0.6 is 0 Å². The average Bonchev–Trinajstić information content (AvgIpc) is 2.79. The van der Waals surface area contributed by atoms with E-state index in [9.17, 15) is 26.0 Å². The standard InChI is InChI=1S/C24H28F4N2O3S/c1-34(31,32)21-4-2-3-20(13-21)29-11-12-30(22(15-29)18-6-8-19(25)9-7-18)14-17-5-10-23(33-16-17)24(26,27)28/h2-4,6-9,13,17,22-23H,5,10-12,14-16H2,1H3/t17-,22-,23-/m1/s1. The van der Waals surface area contributed by atoms with Gasteiger partial charge < -0.3 is 9.64 Å². The SMILES string of the molecule is CS(=O)(=O)c1cccc(N2CCN(C[C@H]3CC[C@H](C(F)(F)F)OC3)[C@@H](c3ccc(F)cc3)C2)c1. The Balaban J connectivity index is 1.51. The van der Waals surface area contributed by atoms with E-state index in [2.05, 4.69) is 9.80 Å². The molecule has 2 aromatic rings. The Kier molecular flexibility index (Phi) is 7.21. The fourth-order valence-electron chi connectivity index (χ4n) is 4.73. The number of anilines is 1. The van der Waals surface area contributed by atoms with Gasteiger partial charge in [-0.05, 0) is 54.7 Å². The summed E-state index contributed by atoms with van der Waals surface area (Å²) in [4.78, 5) is 4.55. The molecule has 0 unspecified atom stereocenters. The van der Waals surface area contributed by atoms with E-state index in [0.29, 0.717) is 32.6 Å². The lowest BCUT2D eigenvalue weighted by Crippen LogP contribution is -2.51. The predicted octanol–water partition coefficient (Wildman–Crippen LogP) is 4.45. The Labute approximate surface area is 197 Å². The summed E-state index contributed by atoms with van der Waals surface area (Å²) in [7, 11) is -3.35. The summed E-state index contributed by atoms with van der Waals surface area (Å²) in [6.45, 7) is 2.42. The van der Waals surface area contributed by atoms with Gasteiger partial charge in [0.1, 0.15) is 5.82 Å². The molecular formula is C24H28F4N2O3S. The van der Waals surface area contributed by atoms with Crippen LogP contribution in [0.1, 0.15) is 24.4 Å². The van der Waals surface area contributed by atoms with E-state index in [0.717, 1.165) is 11.3 Å². The summed E-state index contributed by atoms with van der Waals surface area (Å²) >= 11 is 0. The predicted molar refractivity (Wildman–Crippen MR) is 121 cm³/mol. The van der Waals surface area contributed by atoms with Crippen LogP contribution in [0.2, 0.25) is 0 Å². The van der Waals surface area contributed by atoms with Gasteiger partial charge in [-0.25, -0.2) is 12.8 Å². The number of alkyl halides is 3. The molecule has 2 aromatic carbocycles. The fraction of sp³-hybridized carbons (Fsp3) is 0.500. The van der Waals surface area contributed by atoms with Crippen LogP contribution in [0, 0.1) is 11.7 Å². The molecule has 0 aliphatic carbocycles. The van der Waals surface area contributed by atoms with E-state index < -0.39 is 22.1 Å². The normalized spacial score (nSPS) is 24.9. The molecule has 186 valence electrons. The molecule has 0 spiro atoms. The maximum atomic E-state index is 13.6. The van der Waals surface area contributed by atoms with Gasteiger partial charge in [0.25, 0.3) is 0 Å². The molecule has 4 rings (SSSR count). The highest BCUT2D eigenvalue weighted by Crippen LogP contribution is 2.34. The summed E-state index contributed by atoms with van der Waals surface area (Å²) in [5, 5.41) is 0. The van der Waals surface area contributed by atoms with E-state index in [1.165, 1.54) is 18.4 Å². The minimum Gasteiger partial charge on any atom is -0.368 e. The Morgan fingerprint density at radius 3 is 2.41 bits per heavy atom. The Morgan fingerprint density at radius 1 is 1.06 bits per heavy atom. The van der Waals surface area contributed by atoms with Crippen molar-refractivity contribution in [2.75, 3.05) is 43.9 Å². The van der Waals surface area contributed by atoms with Gasteiger partial charge in [0.2, 0.25) is 0 Å². The van der Waals surface area contributed by atoms with Crippen molar-refractivity contribution in [1.29, 1.82) is 0 Å². The van der Waals surface area contributed by atoms with Gasteiger partial charge in [-0.15, -0.1) is 0 Å². The summed E-state index contributed by atoms with van der Waals surface area (Å²) in [6.07, 6.45) is -4.49. The molecule has 34 heavy (non-hydrogen) atoms. The number of ether oxygens (including phenoxy) is 1. The maximum Gasteiger partial charge on any atom is 0.414 e. The van der Waals surface area contributed by atoms with Gasteiger partial charge >= 0.3 is 6.18 Å². The molecule has 0 radical (unpaired) electrons. The Bertz CT molecular complexity index is 1080. The van der Waals surface area contributed by atoms with Crippen molar-refractivity contribution in [3.63, 3.8) is 0 Å². The molecule has 2 aliphatic heterocycles. The lowest BCUT2D eigenvalue weighted by Gasteiger charge is -2.44. The molecule has 0 saturated carbocycles. The van der Waals surface area contributed by atoms with Crippen molar-refractivity contribution in [3.05, 3.63) is 59.9 Å². The van der Waals surface area contributed by atoms with E-state index >= 15 is 0 Å². The van der Waals surface area contributed by atoms with Crippen molar-refractivity contribution >= 4 is 15.5 Å². The first-order valence-corrected chi connectivity index (χ1v) is 13.1. The number of hydrogen-bond acceptors (Lipinski definition) is 5. The van der Waals surface area contributed by atoms with E-state index in [1.807, 2.05) is 6.07 Å². The summed E-state index contributed by atoms with van der Waals surface area (Å²) in [6, 6.07) is 12.9. The first-order chi connectivity index (χ1) is 16.0. The number of benzene rings is 2. The van der Waals surface area contributed by atoms with Gasteiger partial charge in [-0.3, -0.25) is 4.90 Å². The highest BCUT2D eigenvalue weighted by molar-refractivity contribution is 7.90. The van der Waals surface area contributed by atoms with E-state index in [1.54, 1.807) is 30.3 Å². The maximum absolute atomic E-state index is 13.6. The number of piperazine rings is 1. The van der Waals surface area contributed by atoms with Gasteiger partial charge in [-0.2, -0.15) is 13.2 Å². The first-order valence-electron chi connectivity index (χ1n) is 11.2. The van der Waals surface area contributed by atoms with Crippen LogP contribution in [0.5, 0.6) is 0 Å². The van der Waals surface area contributed by atoms with Gasteiger partial charge in [0.15, 0.2) is 15.9 Å². The third-order valence-corrected chi connectivity index (χ3v) is 7.70. The zero-order valence-corrected chi connectivity index (χ0v) is 19.7. The molecule has 0 bridgehead atoms. The second-order valence-corrected chi connectivity index (χ2v) is 11.1. The zero-order chi connectivity index (χ0) is 24.5. The minimum absolute atomic E-state index is 0.0262. The van der Waals surface area contributed by atoms with Crippen LogP contribution in [0.3, 0.4) is 0 Å². The highest BCUT2D eigenvalue weighted by atomic mass is 32.2. The third-order valence-electron chi connectivity index (χ3n) is 6.58. The van der Waals surface area contributed by atoms with Crippen molar-refractivity contribution in [2.24, 2.45) is 5.92 Å². The summed E-state index contributed by atoms with van der Waals surface area (Å²) < 4.78 is 81.5. The van der Waals surface area contributed by atoms with Crippen LogP contribution in [0.15, 0.2) is 53.4 Å². The molecule has 2 saturated heterocycles. The first kappa shape index (κ1) is 24.9. The lowest BCUT2D eigenvalue weighted by atomic mass is 9.94. The van der Waals surface area contributed by atoms with Gasteiger partial charge in [0.05, 0.1) is 17.5 Å². The van der Waals surface area contributed by atoms with Crippen molar-refractivity contribution in [1.82, 2.24) is 4.90 Å². The van der Waals surface area contributed by atoms with Crippen molar-refractivity contribution in [3.8, 4) is 0 Å². The minimum atomic E-state index is -4.34. The number of rotatable bonds is 5. The van der Waals surface area contributed by atoms with Crippen molar-refractivity contribution in [2.45, 2.75) is 36.1 Å². The highest BCUT2D eigenvalue weighted by Gasteiger charge is 2.43. The molecule has 0 aromatic heterocycles. The molecule has 3 atom stereocenters. The van der Waals surface area contributed by atoms with Gasteiger partial charge in [-0.1, -0.05) is 18.2 Å². The zero-order valence-electron chi connectivity index (χ0n) is 18.8. The molecule has 0 amide bonds. The second kappa shape index (κ2) is 9.83. The average molecular weight is 501 g/mol. The summed E-state index contributed by atoms with van der Waals surface area (Å²) in [5.74, 6) is -0.371. The smallest absolute Gasteiger partial charge is 0.368 e. The van der Waals surface area contributed by atoms with Crippen LogP contribution in [0.4, 0.5) is 23.2 Å². The Morgan fingerprint density at radius 2 is 1.79 bits per heavy atom. The number of nitrogens with zero attached hydrogens (tertiary/aromatic N) is 2. The number of sulfone groups is 1. The quantitative estimate of drug-likeness (QED) is 0.568. The Hall–Kier alpha value is -2.17. The summed E-state index contributed by atoms with van der Waals surface area (Å²) in [5.41, 5.74) is 1.68. The molecular weight excluding hydrogens is 472 g/mol. The number of halogens is 4.